The lowest BCUT2D eigenvalue weighted by molar-refractivity contribution is -0.133. The van der Waals surface area contributed by atoms with E-state index in [4.69, 9.17) is 10.6 Å². The summed E-state index contributed by atoms with van der Waals surface area (Å²) in [7, 11) is 0. The van der Waals surface area contributed by atoms with Gasteiger partial charge in [0.05, 0.1) is 11.4 Å². The molecule has 4 fully saturated rings. The van der Waals surface area contributed by atoms with Gasteiger partial charge in [0.15, 0.2) is 0 Å². The predicted octanol–water partition coefficient (Wildman–Crippen LogP) is 3.37. The Morgan fingerprint density at radius 2 is 2.00 bits per heavy atom. The number of nitrogens with two attached hydrogens (primary N) is 1. The first-order chi connectivity index (χ1) is 12.9. The molecule has 4 saturated carbocycles. The number of ketones is 1. The summed E-state index contributed by atoms with van der Waals surface area (Å²) in [6, 6.07) is 0. The van der Waals surface area contributed by atoms with Crippen molar-refractivity contribution in [3.63, 3.8) is 0 Å². The van der Waals surface area contributed by atoms with Crippen LogP contribution in [0.3, 0.4) is 0 Å². The van der Waals surface area contributed by atoms with Gasteiger partial charge in [-0.05, 0) is 68.1 Å². The standard InChI is InChI=1S/C21H33N3O3/c1-20-7-5-13(24-27-10-9-22)11-17(20)18(23-26)12-14-15-3-4-19(25)21(15,2)8-6-16(14)20/h14-17,26H,3-12,22H2,1-2H3/b23-18+,24-13?/t14-,15-,16-,17?,20+,21-/m0/s1. The first-order valence-corrected chi connectivity index (χ1v) is 10.6. The van der Waals surface area contributed by atoms with Gasteiger partial charge in [0.1, 0.15) is 12.4 Å². The summed E-state index contributed by atoms with van der Waals surface area (Å²) in [5, 5.41) is 17.9. The highest BCUT2D eigenvalue weighted by molar-refractivity contribution is 5.96. The van der Waals surface area contributed by atoms with Crippen LogP contribution in [0, 0.1) is 34.5 Å². The highest BCUT2D eigenvalue weighted by atomic mass is 16.6. The molecule has 4 rings (SSSR count). The largest absolute Gasteiger partial charge is 0.411 e. The average molecular weight is 376 g/mol. The predicted molar refractivity (Wildman–Crippen MR) is 104 cm³/mol. The molecule has 27 heavy (non-hydrogen) atoms. The molecule has 0 saturated heterocycles. The average Bonchev–Trinajstić information content (AvgIpc) is 2.96. The molecule has 1 unspecified atom stereocenters. The van der Waals surface area contributed by atoms with Gasteiger partial charge in [0, 0.05) is 24.3 Å². The van der Waals surface area contributed by atoms with Crippen LogP contribution in [0.2, 0.25) is 0 Å². The molecule has 6 nitrogen and oxygen atoms in total. The molecule has 6 heteroatoms. The number of rotatable bonds is 3. The second-order valence-electron chi connectivity index (χ2n) is 9.63. The molecule has 0 amide bonds. The minimum atomic E-state index is -0.151. The van der Waals surface area contributed by atoms with Crippen molar-refractivity contribution in [3.8, 4) is 0 Å². The van der Waals surface area contributed by atoms with Gasteiger partial charge in [-0.25, -0.2) is 0 Å². The first kappa shape index (κ1) is 18.9. The summed E-state index contributed by atoms with van der Waals surface area (Å²) >= 11 is 0. The molecule has 150 valence electrons. The van der Waals surface area contributed by atoms with Crippen molar-refractivity contribution in [2.45, 2.75) is 65.2 Å². The second kappa shape index (κ2) is 6.87. The van der Waals surface area contributed by atoms with Gasteiger partial charge in [-0.2, -0.15) is 0 Å². The lowest BCUT2D eigenvalue weighted by Gasteiger charge is -2.59. The van der Waals surface area contributed by atoms with E-state index in [-0.39, 0.29) is 16.7 Å². The fourth-order valence-corrected chi connectivity index (χ4v) is 7.03. The Kier molecular flexibility index (Phi) is 4.81. The number of carbonyl (C=O) groups excluding carboxylic acids is 1. The summed E-state index contributed by atoms with van der Waals surface area (Å²) in [6.45, 7) is 5.47. The van der Waals surface area contributed by atoms with E-state index in [9.17, 15) is 10.0 Å². The van der Waals surface area contributed by atoms with Crippen molar-refractivity contribution >= 4 is 17.2 Å². The van der Waals surface area contributed by atoms with E-state index in [0.717, 1.165) is 62.8 Å². The van der Waals surface area contributed by atoms with Crippen LogP contribution in [0.1, 0.15) is 65.2 Å². The fourth-order valence-electron chi connectivity index (χ4n) is 7.03. The number of hydrogen-bond donors (Lipinski definition) is 2. The highest BCUT2D eigenvalue weighted by Crippen LogP contribution is 2.64. The third-order valence-corrected chi connectivity index (χ3v) is 8.56. The summed E-state index contributed by atoms with van der Waals surface area (Å²) in [6.07, 6.45) is 7.48. The number of hydrogen-bond acceptors (Lipinski definition) is 6. The number of fused-ring (bicyclic) bond motifs is 5. The van der Waals surface area contributed by atoms with Crippen molar-refractivity contribution in [3.05, 3.63) is 0 Å². The van der Waals surface area contributed by atoms with Gasteiger partial charge < -0.3 is 15.8 Å². The van der Waals surface area contributed by atoms with E-state index in [0.29, 0.717) is 36.7 Å². The third-order valence-electron chi connectivity index (χ3n) is 8.56. The SMILES string of the molecule is C[C@]12CCC(=NOCCN)CC1/C(=N/O)C[C@@H]1[C@@H]2CC[C@]2(C)C(=O)CC[C@@H]12. The molecule has 0 aliphatic heterocycles. The minimum absolute atomic E-state index is 0.115. The Morgan fingerprint density at radius 3 is 2.74 bits per heavy atom. The lowest BCUT2D eigenvalue weighted by atomic mass is 9.45. The normalized spacial score (nSPS) is 46.9. The van der Waals surface area contributed by atoms with E-state index in [2.05, 4.69) is 24.2 Å². The molecule has 0 bridgehead atoms. The molecule has 0 heterocycles. The van der Waals surface area contributed by atoms with Crippen LogP contribution in [0.5, 0.6) is 0 Å². The minimum Gasteiger partial charge on any atom is -0.411 e. The molecule has 0 aromatic carbocycles. The van der Waals surface area contributed by atoms with Gasteiger partial charge in [-0.15, -0.1) is 0 Å². The number of oxime groups is 2. The van der Waals surface area contributed by atoms with Crippen LogP contribution in [0.4, 0.5) is 0 Å². The zero-order chi connectivity index (χ0) is 19.2. The van der Waals surface area contributed by atoms with Gasteiger partial charge >= 0.3 is 0 Å². The Morgan fingerprint density at radius 1 is 1.19 bits per heavy atom. The Labute approximate surface area is 161 Å². The molecule has 0 aromatic heterocycles. The summed E-state index contributed by atoms with van der Waals surface area (Å²) < 4.78 is 0. The molecule has 4 aliphatic rings. The van der Waals surface area contributed by atoms with Gasteiger partial charge in [-0.1, -0.05) is 24.2 Å². The van der Waals surface area contributed by atoms with Crippen molar-refractivity contribution < 1.29 is 14.8 Å². The quantitative estimate of drug-likeness (QED) is 0.449. The first-order valence-electron chi connectivity index (χ1n) is 10.6. The van der Waals surface area contributed by atoms with E-state index in [1.807, 2.05) is 0 Å². The van der Waals surface area contributed by atoms with Crippen LogP contribution in [-0.4, -0.2) is 35.6 Å². The van der Waals surface area contributed by atoms with Crippen LogP contribution in [0.25, 0.3) is 0 Å². The maximum atomic E-state index is 12.6. The zero-order valence-electron chi connectivity index (χ0n) is 16.6. The second-order valence-corrected chi connectivity index (χ2v) is 9.63. The number of carbonyl (C=O) groups is 1. The maximum Gasteiger partial charge on any atom is 0.139 e. The third kappa shape index (κ3) is 2.82. The van der Waals surface area contributed by atoms with Gasteiger partial charge in [0.25, 0.3) is 0 Å². The molecule has 6 atom stereocenters. The number of Topliss-reactive ketones (excluding diaryl/α,β-unsaturated/α-hetero) is 1. The summed E-state index contributed by atoms with van der Waals surface area (Å²) in [5.74, 6) is 2.19. The van der Waals surface area contributed by atoms with Crippen molar-refractivity contribution in [2.24, 2.45) is 50.5 Å². The zero-order valence-corrected chi connectivity index (χ0v) is 16.6. The Balaban J connectivity index is 1.61. The van der Waals surface area contributed by atoms with Crippen molar-refractivity contribution in [1.29, 1.82) is 0 Å². The lowest BCUT2D eigenvalue weighted by Crippen LogP contribution is -2.56. The topological polar surface area (TPSA) is 97.3 Å². The molecule has 4 aliphatic carbocycles. The van der Waals surface area contributed by atoms with Crippen LogP contribution in [-0.2, 0) is 9.63 Å². The summed E-state index contributed by atoms with van der Waals surface area (Å²) in [4.78, 5) is 17.9. The molecule has 3 N–H and O–H groups in total. The van der Waals surface area contributed by atoms with E-state index in [1.54, 1.807) is 0 Å². The highest BCUT2D eigenvalue weighted by Gasteiger charge is 2.61. The molecule has 0 aromatic rings. The number of nitrogens with zero attached hydrogens (tertiary/aromatic N) is 2. The van der Waals surface area contributed by atoms with E-state index < -0.39 is 0 Å². The van der Waals surface area contributed by atoms with Crippen molar-refractivity contribution in [2.75, 3.05) is 13.2 Å². The smallest absolute Gasteiger partial charge is 0.139 e. The molecule has 0 radical (unpaired) electrons. The molecular weight excluding hydrogens is 342 g/mol. The van der Waals surface area contributed by atoms with Gasteiger partial charge in [0.2, 0.25) is 0 Å². The van der Waals surface area contributed by atoms with Crippen molar-refractivity contribution in [1.82, 2.24) is 0 Å². The van der Waals surface area contributed by atoms with Gasteiger partial charge in [-0.3, -0.25) is 4.79 Å². The Hall–Kier alpha value is -1.43. The molecular formula is C21H33N3O3. The fraction of sp³-hybridized carbons (Fsp3) is 0.857. The maximum absolute atomic E-state index is 12.6. The van der Waals surface area contributed by atoms with Crippen LogP contribution < -0.4 is 5.73 Å². The molecule has 0 spiro atoms. The van der Waals surface area contributed by atoms with E-state index >= 15 is 0 Å². The van der Waals surface area contributed by atoms with E-state index in [1.165, 1.54) is 0 Å². The Bertz CT molecular complexity index is 676. The van der Waals surface area contributed by atoms with Crippen LogP contribution in [0.15, 0.2) is 10.3 Å². The monoisotopic (exact) mass is 375 g/mol. The van der Waals surface area contributed by atoms with Crippen LogP contribution >= 0.6 is 0 Å². The summed E-state index contributed by atoms with van der Waals surface area (Å²) in [5.41, 5.74) is 7.41.